The van der Waals surface area contributed by atoms with Crippen molar-refractivity contribution in [2.45, 2.75) is 44.6 Å². The second kappa shape index (κ2) is 7.09. The normalized spacial score (nSPS) is 23.8. The third-order valence-electron chi connectivity index (χ3n) is 5.99. The van der Waals surface area contributed by atoms with Crippen LogP contribution in [-0.2, 0) is 4.79 Å². The van der Waals surface area contributed by atoms with Gasteiger partial charge in [-0.3, -0.25) is 24.6 Å². The third kappa shape index (κ3) is 3.20. The fourth-order valence-electron chi connectivity index (χ4n) is 4.14. The molecule has 0 spiro atoms. The summed E-state index contributed by atoms with van der Waals surface area (Å²) >= 11 is 0. The van der Waals surface area contributed by atoms with Gasteiger partial charge >= 0.3 is 6.03 Å². The number of hydrogen-bond acceptors (Lipinski definition) is 5. The molecule has 1 aliphatic carbocycles. The van der Waals surface area contributed by atoms with Crippen LogP contribution in [0.15, 0.2) is 24.3 Å². The molecule has 1 unspecified atom stereocenters. The van der Waals surface area contributed by atoms with Crippen LogP contribution in [0.4, 0.5) is 10.5 Å². The van der Waals surface area contributed by atoms with Crippen molar-refractivity contribution >= 4 is 23.4 Å². The summed E-state index contributed by atoms with van der Waals surface area (Å²) in [5.74, 6) is -0.669. The van der Waals surface area contributed by atoms with E-state index in [0.29, 0.717) is 0 Å². The SMILES string of the molecule is CN1C(=O)N(CC(=O)c2ccc([N+](=O)[O-])cc2)C(=O)C1(C)C1CCCCC1. The zero-order valence-electron chi connectivity index (χ0n) is 15.5. The molecule has 1 aliphatic heterocycles. The van der Waals surface area contributed by atoms with Crippen LogP contribution >= 0.6 is 0 Å². The highest BCUT2D eigenvalue weighted by Gasteiger charge is 2.56. The Morgan fingerprint density at radius 2 is 1.78 bits per heavy atom. The molecule has 2 aliphatic rings. The summed E-state index contributed by atoms with van der Waals surface area (Å²) in [6, 6.07) is 4.69. The minimum atomic E-state index is -0.923. The van der Waals surface area contributed by atoms with Gasteiger partial charge in [0, 0.05) is 24.7 Å². The standard InChI is InChI=1S/C19H23N3O5/c1-19(14-6-4-3-5-7-14)17(24)21(18(25)20(19)2)12-16(23)13-8-10-15(11-9-13)22(26)27/h8-11,14H,3-7,12H2,1-2H3. The maximum atomic E-state index is 13.1. The van der Waals surface area contributed by atoms with Gasteiger partial charge in [-0.2, -0.15) is 0 Å². The van der Waals surface area contributed by atoms with Crippen molar-refractivity contribution in [3.05, 3.63) is 39.9 Å². The van der Waals surface area contributed by atoms with E-state index in [9.17, 15) is 24.5 Å². The molecule has 3 rings (SSSR count). The van der Waals surface area contributed by atoms with E-state index in [4.69, 9.17) is 0 Å². The lowest BCUT2D eigenvalue weighted by molar-refractivity contribution is -0.384. The molecule has 0 bridgehead atoms. The highest BCUT2D eigenvalue weighted by atomic mass is 16.6. The molecule has 1 aromatic rings. The van der Waals surface area contributed by atoms with Crippen LogP contribution in [0.25, 0.3) is 0 Å². The number of imide groups is 1. The van der Waals surface area contributed by atoms with E-state index in [1.54, 1.807) is 14.0 Å². The highest BCUT2D eigenvalue weighted by molar-refractivity contribution is 6.11. The Kier molecular flexibility index (Phi) is 4.99. The maximum absolute atomic E-state index is 13.1. The van der Waals surface area contributed by atoms with Crippen LogP contribution in [0, 0.1) is 16.0 Å². The number of amides is 3. The van der Waals surface area contributed by atoms with Crippen molar-refractivity contribution in [1.29, 1.82) is 0 Å². The number of hydrogen-bond donors (Lipinski definition) is 0. The topological polar surface area (TPSA) is 101 Å². The number of non-ortho nitro benzene ring substituents is 1. The third-order valence-corrected chi connectivity index (χ3v) is 5.99. The van der Waals surface area contributed by atoms with E-state index in [-0.39, 0.29) is 29.6 Å². The first-order chi connectivity index (χ1) is 12.8. The van der Waals surface area contributed by atoms with Gasteiger partial charge in [-0.05, 0) is 37.8 Å². The van der Waals surface area contributed by atoms with Crippen molar-refractivity contribution in [2.75, 3.05) is 13.6 Å². The number of benzene rings is 1. The summed E-state index contributed by atoms with van der Waals surface area (Å²) in [4.78, 5) is 50.9. The summed E-state index contributed by atoms with van der Waals surface area (Å²) in [5.41, 5.74) is -0.813. The van der Waals surface area contributed by atoms with Crippen LogP contribution < -0.4 is 0 Å². The average molecular weight is 373 g/mol. The first kappa shape index (κ1) is 19.0. The Hall–Kier alpha value is -2.77. The number of ketones is 1. The van der Waals surface area contributed by atoms with Crippen molar-refractivity contribution in [1.82, 2.24) is 9.80 Å². The Balaban J connectivity index is 1.78. The van der Waals surface area contributed by atoms with E-state index in [1.807, 2.05) is 0 Å². The molecule has 0 radical (unpaired) electrons. The molecule has 8 heteroatoms. The van der Waals surface area contributed by atoms with E-state index in [1.165, 1.54) is 29.2 Å². The van der Waals surface area contributed by atoms with E-state index >= 15 is 0 Å². The minimum Gasteiger partial charge on any atom is -0.313 e. The van der Waals surface area contributed by atoms with Crippen molar-refractivity contribution in [3.63, 3.8) is 0 Å². The van der Waals surface area contributed by atoms with Crippen LogP contribution in [0.1, 0.15) is 49.4 Å². The van der Waals surface area contributed by atoms with Crippen LogP contribution in [-0.4, -0.2) is 51.6 Å². The van der Waals surface area contributed by atoms with Crippen LogP contribution in [0.2, 0.25) is 0 Å². The van der Waals surface area contributed by atoms with Crippen LogP contribution in [0.3, 0.4) is 0 Å². The highest BCUT2D eigenvalue weighted by Crippen LogP contribution is 2.40. The van der Waals surface area contributed by atoms with Gasteiger partial charge in [0.15, 0.2) is 5.78 Å². The Bertz CT molecular complexity index is 785. The largest absolute Gasteiger partial charge is 0.327 e. The molecule has 1 heterocycles. The number of carbonyl (C=O) groups excluding carboxylic acids is 3. The molecule has 1 aromatic carbocycles. The predicted octanol–water partition coefficient (Wildman–Crippen LogP) is 3.01. The van der Waals surface area contributed by atoms with Crippen LogP contribution in [0.5, 0.6) is 0 Å². The number of rotatable bonds is 5. The lowest BCUT2D eigenvalue weighted by Crippen LogP contribution is -2.52. The molecule has 1 saturated carbocycles. The Morgan fingerprint density at radius 3 is 2.33 bits per heavy atom. The molecule has 3 amide bonds. The first-order valence-electron chi connectivity index (χ1n) is 9.14. The summed E-state index contributed by atoms with van der Waals surface area (Å²) in [6.07, 6.45) is 5.00. The summed E-state index contributed by atoms with van der Waals surface area (Å²) in [7, 11) is 1.62. The quantitative estimate of drug-likeness (QED) is 0.342. The first-order valence-corrected chi connectivity index (χ1v) is 9.14. The van der Waals surface area contributed by atoms with Gasteiger partial charge in [-0.25, -0.2) is 4.79 Å². The number of carbonyl (C=O) groups is 3. The van der Waals surface area contributed by atoms with Gasteiger partial charge in [0.25, 0.3) is 11.6 Å². The number of Topliss-reactive ketones (excluding diaryl/α,β-unsaturated/α-hetero) is 1. The number of urea groups is 1. The molecule has 1 atom stereocenters. The average Bonchev–Trinajstić information content (AvgIpc) is 2.85. The smallest absolute Gasteiger partial charge is 0.313 e. The van der Waals surface area contributed by atoms with Crippen molar-refractivity contribution < 1.29 is 19.3 Å². The molecular formula is C19H23N3O5. The maximum Gasteiger partial charge on any atom is 0.327 e. The van der Waals surface area contributed by atoms with E-state index in [0.717, 1.165) is 37.0 Å². The second-order valence-electron chi connectivity index (χ2n) is 7.44. The molecule has 27 heavy (non-hydrogen) atoms. The fraction of sp³-hybridized carbons (Fsp3) is 0.526. The zero-order chi connectivity index (χ0) is 19.8. The zero-order valence-corrected chi connectivity index (χ0v) is 15.5. The van der Waals surface area contributed by atoms with Crippen molar-refractivity contribution in [3.8, 4) is 0 Å². The summed E-state index contributed by atoms with van der Waals surface area (Å²) < 4.78 is 0. The molecule has 0 N–H and O–H groups in total. The summed E-state index contributed by atoms with van der Waals surface area (Å²) in [5, 5.41) is 10.7. The van der Waals surface area contributed by atoms with E-state index < -0.39 is 22.3 Å². The number of likely N-dealkylation sites (N-methyl/N-ethyl adjacent to an activating group) is 1. The van der Waals surface area contributed by atoms with Crippen molar-refractivity contribution in [2.24, 2.45) is 5.92 Å². The second-order valence-corrected chi connectivity index (χ2v) is 7.44. The number of nitro benzene ring substituents is 1. The van der Waals surface area contributed by atoms with Gasteiger partial charge in [0.05, 0.1) is 11.5 Å². The van der Waals surface area contributed by atoms with Gasteiger partial charge in [-0.1, -0.05) is 19.3 Å². The van der Waals surface area contributed by atoms with Gasteiger partial charge < -0.3 is 4.90 Å². The van der Waals surface area contributed by atoms with E-state index in [2.05, 4.69) is 0 Å². The number of nitrogens with zero attached hydrogens (tertiary/aromatic N) is 3. The number of nitro groups is 1. The molecule has 0 aromatic heterocycles. The van der Waals surface area contributed by atoms with Gasteiger partial charge in [0.2, 0.25) is 0 Å². The van der Waals surface area contributed by atoms with Gasteiger partial charge in [0.1, 0.15) is 5.54 Å². The minimum absolute atomic E-state index is 0.0900. The molecule has 2 fully saturated rings. The monoisotopic (exact) mass is 373 g/mol. The lowest BCUT2D eigenvalue weighted by Gasteiger charge is -2.38. The summed E-state index contributed by atoms with van der Waals surface area (Å²) in [6.45, 7) is 1.43. The fourth-order valence-corrected chi connectivity index (χ4v) is 4.14. The molecular weight excluding hydrogens is 350 g/mol. The molecule has 1 saturated heterocycles. The Labute approximate surface area is 157 Å². The Morgan fingerprint density at radius 1 is 1.19 bits per heavy atom. The molecule has 8 nitrogen and oxygen atoms in total. The predicted molar refractivity (Wildman–Crippen MR) is 97.3 cm³/mol. The lowest BCUT2D eigenvalue weighted by atomic mass is 9.75. The van der Waals surface area contributed by atoms with Gasteiger partial charge in [-0.15, -0.1) is 0 Å². The molecule has 144 valence electrons.